The summed E-state index contributed by atoms with van der Waals surface area (Å²) >= 11 is 0. The van der Waals surface area contributed by atoms with Crippen molar-refractivity contribution in [2.24, 2.45) is 10.7 Å². The topological polar surface area (TPSA) is 59.6 Å². The fourth-order valence-corrected chi connectivity index (χ4v) is 3.03. The Morgan fingerprint density at radius 3 is 2.35 bits per heavy atom. The van der Waals surface area contributed by atoms with Crippen molar-refractivity contribution in [1.82, 2.24) is 0 Å². The van der Waals surface area contributed by atoms with Crippen LogP contribution in [0.3, 0.4) is 0 Å². The van der Waals surface area contributed by atoms with Crippen LogP contribution in [0.1, 0.15) is 49.7 Å². The fraction of sp³-hybridized carbons (Fsp3) is 0.611. The Kier molecular flexibility index (Phi) is 9.55. The number of rotatable bonds is 5. The number of halogens is 1. The molecule has 130 valence electrons. The molecule has 1 saturated carbocycles. The van der Waals surface area contributed by atoms with Crippen LogP contribution in [0.4, 0.5) is 5.69 Å². The van der Waals surface area contributed by atoms with Crippen molar-refractivity contribution >= 4 is 35.6 Å². The van der Waals surface area contributed by atoms with Gasteiger partial charge in [-0.3, -0.25) is 4.99 Å². The summed E-state index contributed by atoms with van der Waals surface area (Å²) in [5.41, 5.74) is 9.35. The van der Waals surface area contributed by atoms with Crippen molar-refractivity contribution in [3.8, 4) is 0 Å². The third-order valence-corrected chi connectivity index (χ3v) is 4.02. The number of hydrogen-bond donors (Lipinski definition) is 2. The van der Waals surface area contributed by atoms with Gasteiger partial charge in [0.05, 0.1) is 19.3 Å². The second-order valence-electron chi connectivity index (χ2n) is 6.25. The number of aliphatic imine (C=N–C) groups is 1. The van der Waals surface area contributed by atoms with Crippen LogP contribution >= 0.6 is 24.0 Å². The first kappa shape index (κ1) is 20.2. The van der Waals surface area contributed by atoms with Crippen molar-refractivity contribution in [3.05, 3.63) is 29.3 Å². The standard InChI is InChI=1S/C18H29N3O.HI/c1-14-11-15(2)13-16(12-14)21-18(19)20-9-10-22-17-7-5-3-4-6-8-17;/h11-13,17H,3-10H2,1-2H3,(H3,19,20,21);1H. The molecule has 1 aromatic carbocycles. The summed E-state index contributed by atoms with van der Waals surface area (Å²) in [6.07, 6.45) is 8.11. The number of anilines is 1. The third-order valence-electron chi connectivity index (χ3n) is 4.02. The zero-order valence-electron chi connectivity index (χ0n) is 14.3. The zero-order chi connectivity index (χ0) is 15.8. The van der Waals surface area contributed by atoms with Crippen LogP contribution < -0.4 is 11.1 Å². The first-order valence-corrected chi connectivity index (χ1v) is 8.40. The van der Waals surface area contributed by atoms with Gasteiger partial charge in [-0.2, -0.15) is 0 Å². The van der Waals surface area contributed by atoms with E-state index in [0.717, 1.165) is 5.69 Å². The maximum Gasteiger partial charge on any atom is 0.193 e. The molecule has 0 unspecified atom stereocenters. The summed E-state index contributed by atoms with van der Waals surface area (Å²) < 4.78 is 5.91. The van der Waals surface area contributed by atoms with Crippen LogP contribution in [0.15, 0.2) is 23.2 Å². The van der Waals surface area contributed by atoms with Crippen molar-refractivity contribution in [2.45, 2.75) is 58.5 Å². The van der Waals surface area contributed by atoms with Crippen molar-refractivity contribution in [3.63, 3.8) is 0 Å². The maximum absolute atomic E-state index is 5.93. The lowest BCUT2D eigenvalue weighted by Gasteiger charge is -2.14. The van der Waals surface area contributed by atoms with Gasteiger partial charge < -0.3 is 15.8 Å². The molecule has 0 saturated heterocycles. The highest BCUT2D eigenvalue weighted by Crippen LogP contribution is 2.19. The van der Waals surface area contributed by atoms with E-state index in [4.69, 9.17) is 10.5 Å². The molecule has 0 spiro atoms. The largest absolute Gasteiger partial charge is 0.376 e. The molecule has 23 heavy (non-hydrogen) atoms. The van der Waals surface area contributed by atoms with Gasteiger partial charge in [-0.1, -0.05) is 31.7 Å². The average molecular weight is 431 g/mol. The fourth-order valence-electron chi connectivity index (χ4n) is 3.03. The van der Waals surface area contributed by atoms with E-state index < -0.39 is 0 Å². The summed E-state index contributed by atoms with van der Waals surface area (Å²) in [5.74, 6) is 0.453. The van der Waals surface area contributed by atoms with E-state index in [2.05, 4.69) is 42.4 Å². The minimum absolute atomic E-state index is 0. The normalized spacial score (nSPS) is 16.5. The van der Waals surface area contributed by atoms with Crippen LogP contribution in [0.25, 0.3) is 0 Å². The molecule has 0 aromatic heterocycles. The number of guanidine groups is 1. The number of hydrogen-bond acceptors (Lipinski definition) is 2. The lowest BCUT2D eigenvalue weighted by Crippen LogP contribution is -2.24. The predicted octanol–water partition coefficient (Wildman–Crippen LogP) is 4.39. The summed E-state index contributed by atoms with van der Waals surface area (Å²) in [7, 11) is 0. The SMILES string of the molecule is Cc1cc(C)cc(NC(N)=NCCOC2CCCCCC2)c1.I. The Balaban J connectivity index is 0.00000264. The Morgan fingerprint density at radius 2 is 1.74 bits per heavy atom. The summed E-state index contributed by atoms with van der Waals surface area (Å²) in [4.78, 5) is 4.34. The van der Waals surface area contributed by atoms with Gasteiger partial charge in [0.2, 0.25) is 0 Å². The highest BCUT2D eigenvalue weighted by molar-refractivity contribution is 14.0. The number of aryl methyl sites for hydroxylation is 2. The van der Waals surface area contributed by atoms with Gasteiger partial charge >= 0.3 is 0 Å². The van der Waals surface area contributed by atoms with Crippen LogP contribution in [0.5, 0.6) is 0 Å². The lowest BCUT2D eigenvalue weighted by atomic mass is 10.1. The van der Waals surface area contributed by atoms with E-state index in [1.807, 2.05) is 0 Å². The molecule has 1 fully saturated rings. The van der Waals surface area contributed by atoms with Crippen molar-refractivity contribution in [1.29, 1.82) is 0 Å². The van der Waals surface area contributed by atoms with E-state index in [0.29, 0.717) is 25.2 Å². The molecule has 4 nitrogen and oxygen atoms in total. The average Bonchev–Trinajstić information content (AvgIpc) is 2.71. The van der Waals surface area contributed by atoms with Crippen molar-refractivity contribution in [2.75, 3.05) is 18.5 Å². The molecule has 3 N–H and O–H groups in total. The van der Waals surface area contributed by atoms with E-state index in [1.165, 1.54) is 49.7 Å². The summed E-state index contributed by atoms with van der Waals surface area (Å²) in [5, 5.41) is 3.14. The van der Waals surface area contributed by atoms with Gasteiger partial charge in [0, 0.05) is 5.69 Å². The zero-order valence-corrected chi connectivity index (χ0v) is 16.6. The molecule has 0 aliphatic heterocycles. The number of ether oxygens (including phenoxy) is 1. The smallest absolute Gasteiger partial charge is 0.193 e. The van der Waals surface area contributed by atoms with Crippen LogP contribution in [-0.4, -0.2) is 25.2 Å². The molecular formula is C18H30IN3O. The summed E-state index contributed by atoms with van der Waals surface area (Å²) in [6.45, 7) is 5.41. The monoisotopic (exact) mass is 431 g/mol. The second kappa shape index (κ2) is 10.9. The van der Waals surface area contributed by atoms with Gasteiger partial charge in [-0.25, -0.2) is 0 Å². The van der Waals surface area contributed by atoms with E-state index in [-0.39, 0.29) is 24.0 Å². The summed E-state index contributed by atoms with van der Waals surface area (Å²) in [6, 6.07) is 6.27. The Bertz CT molecular complexity index is 477. The number of nitrogens with zero attached hydrogens (tertiary/aromatic N) is 1. The molecule has 5 heteroatoms. The van der Waals surface area contributed by atoms with E-state index in [1.54, 1.807) is 0 Å². The first-order valence-electron chi connectivity index (χ1n) is 8.40. The molecule has 0 atom stereocenters. The van der Waals surface area contributed by atoms with E-state index >= 15 is 0 Å². The van der Waals surface area contributed by atoms with Crippen LogP contribution in [0.2, 0.25) is 0 Å². The minimum Gasteiger partial charge on any atom is -0.376 e. The highest BCUT2D eigenvalue weighted by Gasteiger charge is 2.11. The van der Waals surface area contributed by atoms with Gasteiger partial charge in [0.25, 0.3) is 0 Å². The quantitative estimate of drug-likeness (QED) is 0.239. The van der Waals surface area contributed by atoms with Gasteiger partial charge in [-0.15, -0.1) is 24.0 Å². The molecule has 0 heterocycles. The lowest BCUT2D eigenvalue weighted by molar-refractivity contribution is 0.0487. The molecule has 2 rings (SSSR count). The van der Waals surface area contributed by atoms with Crippen molar-refractivity contribution < 1.29 is 4.74 Å². The number of nitrogens with one attached hydrogen (secondary N) is 1. The minimum atomic E-state index is 0. The van der Waals surface area contributed by atoms with Gasteiger partial charge in [-0.05, 0) is 49.9 Å². The highest BCUT2D eigenvalue weighted by atomic mass is 127. The predicted molar refractivity (Wildman–Crippen MR) is 109 cm³/mol. The molecule has 0 bridgehead atoms. The molecular weight excluding hydrogens is 401 g/mol. The Hall–Kier alpha value is -0.820. The molecule has 1 aromatic rings. The molecule has 1 aliphatic rings. The second-order valence-corrected chi connectivity index (χ2v) is 6.25. The Labute approximate surface area is 157 Å². The molecule has 0 radical (unpaired) electrons. The molecule has 1 aliphatic carbocycles. The third kappa shape index (κ3) is 8.01. The Morgan fingerprint density at radius 1 is 1.13 bits per heavy atom. The maximum atomic E-state index is 5.93. The van der Waals surface area contributed by atoms with Crippen LogP contribution in [0, 0.1) is 13.8 Å². The van der Waals surface area contributed by atoms with Gasteiger partial charge in [0.1, 0.15) is 0 Å². The van der Waals surface area contributed by atoms with Crippen LogP contribution in [-0.2, 0) is 4.74 Å². The number of nitrogens with two attached hydrogens (primary N) is 1. The molecule has 0 amide bonds. The van der Waals surface area contributed by atoms with E-state index in [9.17, 15) is 0 Å². The van der Waals surface area contributed by atoms with Gasteiger partial charge in [0.15, 0.2) is 5.96 Å². The first-order chi connectivity index (χ1) is 10.6. The number of benzene rings is 1.